The van der Waals surface area contributed by atoms with Gasteiger partial charge >= 0.3 is 0 Å². The Kier molecular flexibility index (Phi) is 3.65. The quantitative estimate of drug-likeness (QED) is 0.633. The van der Waals surface area contributed by atoms with Crippen LogP contribution in [-0.4, -0.2) is 28.1 Å². The molecule has 7 heteroatoms. The number of phenolic OH excluding ortho intramolecular Hbond substituents is 1. The number of halogens is 1. The van der Waals surface area contributed by atoms with E-state index >= 15 is 0 Å². The van der Waals surface area contributed by atoms with E-state index in [1.165, 1.54) is 24.0 Å². The third-order valence-electron chi connectivity index (χ3n) is 1.92. The summed E-state index contributed by atoms with van der Waals surface area (Å²) in [5, 5.41) is 20.6. The van der Waals surface area contributed by atoms with Crippen LogP contribution in [0.15, 0.2) is 28.4 Å². The molecule has 0 aromatic heterocycles. The molecular weight excluding hydrogens is 262 g/mol. The van der Waals surface area contributed by atoms with E-state index in [2.05, 4.69) is 15.5 Å². The van der Waals surface area contributed by atoms with Crippen LogP contribution < -0.4 is 5.32 Å². The lowest BCUT2D eigenvalue weighted by molar-refractivity contribution is -0.116. The maximum Gasteiger partial charge on any atom is 0.236 e. The highest BCUT2D eigenvalue weighted by Crippen LogP contribution is 2.19. The number of hydrogen-bond acceptors (Lipinski definition) is 5. The average Bonchev–Trinajstić information content (AvgIpc) is 2.69. The smallest absolute Gasteiger partial charge is 0.236 e. The molecule has 1 amide bonds. The lowest BCUT2D eigenvalue weighted by Crippen LogP contribution is -2.19. The molecular formula is C10H8ClN3O2S. The first-order valence-electron chi connectivity index (χ1n) is 4.67. The molecule has 1 aromatic rings. The van der Waals surface area contributed by atoms with E-state index in [1.807, 2.05) is 0 Å². The predicted molar refractivity (Wildman–Crippen MR) is 68.7 cm³/mol. The summed E-state index contributed by atoms with van der Waals surface area (Å²) in [4.78, 5) is 10.9. The molecule has 0 unspecified atom stereocenters. The first kappa shape index (κ1) is 11.9. The van der Waals surface area contributed by atoms with Crippen molar-refractivity contribution in [3.8, 4) is 5.75 Å². The normalized spacial score (nSPS) is 17.9. The fraction of sp³-hybridized carbons (Fsp3) is 0.100. The molecule has 0 atom stereocenters. The topological polar surface area (TPSA) is 74.0 Å². The summed E-state index contributed by atoms with van der Waals surface area (Å²) < 4.78 is 0. The van der Waals surface area contributed by atoms with E-state index in [0.29, 0.717) is 21.5 Å². The van der Waals surface area contributed by atoms with Crippen LogP contribution in [0.3, 0.4) is 0 Å². The van der Waals surface area contributed by atoms with Crippen molar-refractivity contribution in [2.75, 3.05) is 5.75 Å². The Hall–Kier alpha value is -1.53. The average molecular weight is 270 g/mol. The molecule has 5 nitrogen and oxygen atoms in total. The van der Waals surface area contributed by atoms with Gasteiger partial charge in [-0.1, -0.05) is 23.4 Å². The number of rotatable bonds is 2. The maximum absolute atomic E-state index is 10.9. The second-order valence-corrected chi connectivity index (χ2v) is 4.59. The largest absolute Gasteiger partial charge is 0.507 e. The maximum atomic E-state index is 10.9. The number of aromatic hydroxyl groups is 1. The van der Waals surface area contributed by atoms with Crippen molar-refractivity contribution >= 4 is 40.7 Å². The molecule has 1 aromatic carbocycles. The third-order valence-corrected chi connectivity index (χ3v) is 3.02. The molecule has 88 valence electrons. The fourth-order valence-electron chi connectivity index (χ4n) is 1.15. The number of amides is 1. The zero-order chi connectivity index (χ0) is 12.3. The highest BCUT2D eigenvalue weighted by Gasteiger charge is 2.15. The third kappa shape index (κ3) is 3.21. The van der Waals surface area contributed by atoms with Crippen LogP contribution in [0.5, 0.6) is 5.75 Å². The standard InChI is InChI=1S/C10H8ClN3O2S/c11-7-1-2-8(15)6(3-7)4-12-14-10-13-9(16)5-17-10/h1-4,15H,5H2,(H,13,14,16)/b12-4+. The van der Waals surface area contributed by atoms with Crippen LogP contribution in [0, 0.1) is 0 Å². The van der Waals surface area contributed by atoms with Crippen molar-refractivity contribution in [2.24, 2.45) is 10.2 Å². The number of hydrogen-bond donors (Lipinski definition) is 2. The molecule has 1 aliphatic heterocycles. The van der Waals surface area contributed by atoms with Gasteiger partial charge in [-0.15, -0.1) is 5.10 Å². The van der Waals surface area contributed by atoms with Gasteiger partial charge in [0.2, 0.25) is 5.91 Å². The van der Waals surface area contributed by atoms with Crippen LogP contribution in [0.2, 0.25) is 5.02 Å². The lowest BCUT2D eigenvalue weighted by Gasteiger charge is -1.97. The predicted octanol–water partition coefficient (Wildman–Crippen LogP) is 1.60. The number of thioether (sulfide) groups is 1. The minimum atomic E-state index is -0.0884. The van der Waals surface area contributed by atoms with Crippen LogP contribution in [-0.2, 0) is 4.79 Å². The zero-order valence-corrected chi connectivity index (χ0v) is 10.1. The van der Waals surface area contributed by atoms with Crippen LogP contribution >= 0.6 is 23.4 Å². The molecule has 1 saturated heterocycles. The Morgan fingerprint density at radius 2 is 2.35 bits per heavy atom. The SMILES string of the molecule is O=C1CS/C(=N/N=C/c2cc(Cl)ccc2O)N1. The highest BCUT2D eigenvalue weighted by molar-refractivity contribution is 8.15. The molecule has 0 aliphatic carbocycles. The van der Waals surface area contributed by atoms with Gasteiger partial charge in [0, 0.05) is 10.6 Å². The number of benzene rings is 1. The number of nitrogens with one attached hydrogen (secondary N) is 1. The Morgan fingerprint density at radius 3 is 3.06 bits per heavy atom. The number of nitrogens with zero attached hydrogens (tertiary/aromatic N) is 2. The molecule has 0 bridgehead atoms. The highest BCUT2D eigenvalue weighted by atomic mass is 35.5. The summed E-state index contributed by atoms with van der Waals surface area (Å²) >= 11 is 7.05. The van der Waals surface area contributed by atoms with E-state index in [4.69, 9.17) is 11.6 Å². The Labute approximate surface area is 107 Å². The van der Waals surface area contributed by atoms with E-state index in [9.17, 15) is 9.90 Å². The van der Waals surface area contributed by atoms with Crippen molar-refractivity contribution in [1.29, 1.82) is 0 Å². The van der Waals surface area contributed by atoms with E-state index in [1.54, 1.807) is 12.1 Å². The van der Waals surface area contributed by atoms with Gasteiger partial charge in [-0.2, -0.15) is 5.10 Å². The molecule has 2 N–H and O–H groups in total. The Bertz CT molecular complexity index is 516. The summed E-state index contributed by atoms with van der Waals surface area (Å²) in [6, 6.07) is 4.62. The minimum Gasteiger partial charge on any atom is -0.507 e. The summed E-state index contributed by atoms with van der Waals surface area (Å²) in [6.45, 7) is 0. The van der Waals surface area contributed by atoms with Crippen molar-refractivity contribution in [1.82, 2.24) is 5.32 Å². The second-order valence-electron chi connectivity index (χ2n) is 3.19. The summed E-state index contributed by atoms with van der Waals surface area (Å²) in [5.41, 5.74) is 0.469. The molecule has 0 spiro atoms. The number of carbonyl (C=O) groups is 1. The van der Waals surface area contributed by atoms with Gasteiger partial charge in [0.25, 0.3) is 0 Å². The van der Waals surface area contributed by atoms with E-state index in [0.717, 1.165) is 0 Å². The minimum absolute atomic E-state index is 0.0708. The lowest BCUT2D eigenvalue weighted by atomic mass is 10.2. The first-order chi connectivity index (χ1) is 8.15. The van der Waals surface area contributed by atoms with Crippen LogP contribution in [0.1, 0.15) is 5.56 Å². The first-order valence-corrected chi connectivity index (χ1v) is 6.04. The monoisotopic (exact) mass is 269 g/mol. The molecule has 17 heavy (non-hydrogen) atoms. The molecule has 1 fully saturated rings. The molecule has 0 radical (unpaired) electrons. The van der Waals surface area contributed by atoms with Crippen molar-refractivity contribution in [3.05, 3.63) is 28.8 Å². The van der Waals surface area contributed by atoms with Crippen molar-refractivity contribution < 1.29 is 9.90 Å². The second kappa shape index (κ2) is 5.20. The van der Waals surface area contributed by atoms with Gasteiger partial charge < -0.3 is 10.4 Å². The van der Waals surface area contributed by atoms with Crippen LogP contribution in [0.4, 0.5) is 0 Å². The molecule has 1 heterocycles. The summed E-state index contributed by atoms with van der Waals surface area (Å²) in [7, 11) is 0. The number of amidine groups is 1. The zero-order valence-electron chi connectivity index (χ0n) is 8.55. The molecule has 1 aliphatic rings. The Morgan fingerprint density at radius 1 is 1.53 bits per heavy atom. The van der Waals surface area contributed by atoms with Gasteiger partial charge in [-0.05, 0) is 18.2 Å². The van der Waals surface area contributed by atoms with Gasteiger partial charge in [0.1, 0.15) is 5.75 Å². The molecule has 2 rings (SSSR count). The van der Waals surface area contributed by atoms with Crippen molar-refractivity contribution in [3.63, 3.8) is 0 Å². The fourth-order valence-corrected chi connectivity index (χ4v) is 1.96. The summed E-state index contributed by atoms with van der Waals surface area (Å²) in [6.07, 6.45) is 1.37. The molecule has 0 saturated carbocycles. The summed E-state index contributed by atoms with van der Waals surface area (Å²) in [5.74, 6) is 0.340. The van der Waals surface area contributed by atoms with Crippen molar-refractivity contribution in [2.45, 2.75) is 0 Å². The Balaban J connectivity index is 2.10. The van der Waals surface area contributed by atoms with Gasteiger partial charge in [0.15, 0.2) is 5.17 Å². The van der Waals surface area contributed by atoms with E-state index in [-0.39, 0.29) is 11.7 Å². The number of phenols is 1. The van der Waals surface area contributed by atoms with E-state index < -0.39 is 0 Å². The van der Waals surface area contributed by atoms with Gasteiger partial charge in [-0.25, -0.2) is 0 Å². The van der Waals surface area contributed by atoms with Gasteiger partial charge in [0.05, 0.1) is 12.0 Å². The van der Waals surface area contributed by atoms with Crippen LogP contribution in [0.25, 0.3) is 0 Å². The number of carbonyl (C=O) groups excluding carboxylic acids is 1. The van der Waals surface area contributed by atoms with Gasteiger partial charge in [-0.3, -0.25) is 4.79 Å².